The normalized spacial score (nSPS) is 13.9. The van der Waals surface area contributed by atoms with E-state index in [0.29, 0.717) is 0 Å². The molecule has 1 unspecified atom stereocenters. The molecule has 0 aliphatic carbocycles. The Labute approximate surface area is 72.0 Å². The van der Waals surface area contributed by atoms with Crippen LogP contribution in [0.1, 0.15) is 20.3 Å². The number of carbonyl (C=O) groups excluding carboxylic acids is 1. The summed E-state index contributed by atoms with van der Waals surface area (Å²) in [6.45, 7) is 6.24. The molecule has 0 spiro atoms. The molecule has 0 heterocycles. The Morgan fingerprint density at radius 3 is 2.08 bits per heavy atom. The van der Waals surface area contributed by atoms with E-state index in [1.165, 1.54) is 13.8 Å². The second kappa shape index (κ2) is 3.82. The number of carbonyl (C=O) groups is 1. The largest absolute Gasteiger partial charge is 0.293 e. The van der Waals surface area contributed by atoms with Gasteiger partial charge in [0.25, 0.3) is 10.1 Å². The molecule has 0 aromatic carbocycles. The molecule has 1 atom stereocenters. The van der Waals surface area contributed by atoms with Crippen molar-refractivity contribution in [2.45, 2.75) is 25.5 Å². The average Bonchev–Trinajstić information content (AvgIpc) is 1.85. The number of rotatable bonds is 4. The highest BCUT2D eigenvalue weighted by atomic mass is 32.2. The lowest BCUT2D eigenvalue weighted by Crippen LogP contribution is -2.29. The summed E-state index contributed by atoms with van der Waals surface area (Å²) < 4.78 is 29.8. The van der Waals surface area contributed by atoms with Gasteiger partial charge in [-0.05, 0) is 18.9 Å². The quantitative estimate of drug-likeness (QED) is 0.528. The van der Waals surface area contributed by atoms with Crippen molar-refractivity contribution in [3.05, 3.63) is 12.2 Å². The topological polar surface area (TPSA) is 71.4 Å². The molecule has 0 rings (SSSR count). The standard InChI is InChI=1S/C7H12O4S/c1-4-6(12(9,10)11)7(8)5(2)3/h6H,2,4H2,1,3H3,(H,9,10,11). The van der Waals surface area contributed by atoms with E-state index in [-0.39, 0.29) is 12.0 Å². The summed E-state index contributed by atoms with van der Waals surface area (Å²) >= 11 is 0. The minimum atomic E-state index is -4.27. The summed E-state index contributed by atoms with van der Waals surface area (Å²) in [5, 5.41) is -1.35. The van der Waals surface area contributed by atoms with Gasteiger partial charge < -0.3 is 0 Å². The lowest BCUT2D eigenvalue weighted by atomic mass is 10.1. The third-order valence-electron chi connectivity index (χ3n) is 1.44. The summed E-state index contributed by atoms with van der Waals surface area (Å²) in [6, 6.07) is 0. The van der Waals surface area contributed by atoms with Gasteiger partial charge in [0, 0.05) is 0 Å². The van der Waals surface area contributed by atoms with Crippen LogP contribution in [0.25, 0.3) is 0 Å². The Bertz CT molecular complexity index is 289. The van der Waals surface area contributed by atoms with Crippen molar-refractivity contribution in [2.75, 3.05) is 0 Å². The van der Waals surface area contributed by atoms with Gasteiger partial charge in [-0.3, -0.25) is 9.35 Å². The second-order valence-corrected chi connectivity index (χ2v) is 4.16. The first-order chi connectivity index (χ1) is 5.30. The number of Topliss-reactive ketones (excluding diaryl/α,β-unsaturated/α-hetero) is 1. The van der Waals surface area contributed by atoms with E-state index < -0.39 is 21.2 Å². The summed E-state index contributed by atoms with van der Waals surface area (Å²) in [6.07, 6.45) is 0.0600. The van der Waals surface area contributed by atoms with Crippen LogP contribution >= 0.6 is 0 Å². The molecule has 0 aromatic heterocycles. The minimum Gasteiger partial charge on any atom is -0.293 e. The summed E-state index contributed by atoms with van der Waals surface area (Å²) in [5.41, 5.74) is 0.138. The zero-order chi connectivity index (χ0) is 9.94. The zero-order valence-corrected chi connectivity index (χ0v) is 7.89. The zero-order valence-electron chi connectivity index (χ0n) is 7.07. The fourth-order valence-corrected chi connectivity index (χ4v) is 1.70. The first kappa shape index (κ1) is 11.3. The van der Waals surface area contributed by atoms with E-state index in [1.807, 2.05) is 0 Å². The maximum Gasteiger partial charge on any atom is 0.275 e. The van der Waals surface area contributed by atoms with Crippen molar-refractivity contribution >= 4 is 15.9 Å². The predicted octanol–water partition coefficient (Wildman–Crippen LogP) is 0.798. The Balaban J connectivity index is 4.83. The summed E-state index contributed by atoms with van der Waals surface area (Å²) in [4.78, 5) is 11.1. The van der Waals surface area contributed by atoms with Crippen molar-refractivity contribution in [2.24, 2.45) is 0 Å². The average molecular weight is 192 g/mol. The van der Waals surface area contributed by atoms with Gasteiger partial charge in [-0.25, -0.2) is 0 Å². The van der Waals surface area contributed by atoms with Crippen LogP contribution in [0.5, 0.6) is 0 Å². The van der Waals surface area contributed by atoms with Crippen molar-refractivity contribution in [1.82, 2.24) is 0 Å². The van der Waals surface area contributed by atoms with Crippen LogP contribution in [0.3, 0.4) is 0 Å². The monoisotopic (exact) mass is 192 g/mol. The molecule has 0 aromatic rings. The lowest BCUT2D eigenvalue weighted by Gasteiger charge is -2.08. The van der Waals surface area contributed by atoms with Crippen molar-refractivity contribution in [3.63, 3.8) is 0 Å². The molecule has 0 fully saturated rings. The molecule has 12 heavy (non-hydrogen) atoms. The highest BCUT2D eigenvalue weighted by Gasteiger charge is 2.28. The van der Waals surface area contributed by atoms with E-state index in [2.05, 4.69) is 6.58 Å². The number of hydrogen-bond donors (Lipinski definition) is 1. The molecule has 0 bridgehead atoms. The molecule has 70 valence electrons. The van der Waals surface area contributed by atoms with Gasteiger partial charge in [0.05, 0.1) is 0 Å². The molecule has 0 aliphatic heterocycles. The number of ketones is 1. The molecule has 0 amide bonds. The summed E-state index contributed by atoms with van der Waals surface area (Å²) in [7, 11) is -4.27. The Morgan fingerprint density at radius 1 is 1.58 bits per heavy atom. The molecule has 1 N–H and O–H groups in total. The lowest BCUT2D eigenvalue weighted by molar-refractivity contribution is -0.115. The molecule has 4 nitrogen and oxygen atoms in total. The molecule has 5 heteroatoms. The molecule has 0 saturated heterocycles. The van der Waals surface area contributed by atoms with Gasteiger partial charge in [0.2, 0.25) is 0 Å². The Kier molecular flexibility index (Phi) is 3.60. The number of allylic oxidation sites excluding steroid dienone is 1. The van der Waals surface area contributed by atoms with Crippen LogP contribution in [-0.4, -0.2) is 24.0 Å². The summed E-state index contributed by atoms with van der Waals surface area (Å²) in [5.74, 6) is -0.625. The van der Waals surface area contributed by atoms with Crippen molar-refractivity contribution in [3.8, 4) is 0 Å². The van der Waals surface area contributed by atoms with Gasteiger partial charge in [-0.15, -0.1) is 0 Å². The van der Waals surface area contributed by atoms with Crippen LogP contribution < -0.4 is 0 Å². The van der Waals surface area contributed by atoms with Gasteiger partial charge in [-0.2, -0.15) is 8.42 Å². The van der Waals surface area contributed by atoms with E-state index in [1.54, 1.807) is 0 Å². The Morgan fingerprint density at radius 2 is 2.00 bits per heavy atom. The first-order valence-corrected chi connectivity index (χ1v) is 4.97. The van der Waals surface area contributed by atoms with Crippen molar-refractivity contribution < 1.29 is 17.8 Å². The van der Waals surface area contributed by atoms with Gasteiger partial charge in [0.1, 0.15) is 5.25 Å². The molecular formula is C7H12O4S. The molecular weight excluding hydrogens is 180 g/mol. The first-order valence-electron chi connectivity index (χ1n) is 3.46. The molecule has 0 aliphatic rings. The third kappa shape index (κ3) is 2.75. The Hall–Kier alpha value is -0.680. The van der Waals surface area contributed by atoms with Crippen LogP contribution in [-0.2, 0) is 14.9 Å². The van der Waals surface area contributed by atoms with E-state index in [0.717, 1.165) is 0 Å². The second-order valence-electron chi connectivity index (χ2n) is 2.56. The van der Waals surface area contributed by atoms with Crippen LogP contribution in [0.4, 0.5) is 0 Å². The third-order valence-corrected chi connectivity index (χ3v) is 2.71. The van der Waals surface area contributed by atoms with E-state index >= 15 is 0 Å². The molecule has 0 radical (unpaired) electrons. The van der Waals surface area contributed by atoms with Gasteiger partial charge >= 0.3 is 0 Å². The minimum absolute atomic E-state index is 0.0600. The van der Waals surface area contributed by atoms with E-state index in [9.17, 15) is 13.2 Å². The predicted molar refractivity (Wildman–Crippen MR) is 45.4 cm³/mol. The maximum atomic E-state index is 11.1. The smallest absolute Gasteiger partial charge is 0.275 e. The SMILES string of the molecule is C=C(C)C(=O)C(CC)S(=O)(=O)O. The van der Waals surface area contributed by atoms with E-state index in [4.69, 9.17) is 4.55 Å². The molecule has 0 saturated carbocycles. The van der Waals surface area contributed by atoms with Crippen LogP contribution in [0, 0.1) is 0 Å². The highest BCUT2D eigenvalue weighted by Crippen LogP contribution is 2.09. The maximum absolute atomic E-state index is 11.1. The van der Waals surface area contributed by atoms with Gasteiger partial charge in [-0.1, -0.05) is 13.5 Å². The highest BCUT2D eigenvalue weighted by molar-refractivity contribution is 7.87. The fourth-order valence-electron chi connectivity index (χ4n) is 0.806. The number of hydrogen-bond acceptors (Lipinski definition) is 3. The van der Waals surface area contributed by atoms with Crippen molar-refractivity contribution in [1.29, 1.82) is 0 Å². The van der Waals surface area contributed by atoms with Crippen LogP contribution in [0.15, 0.2) is 12.2 Å². The fraction of sp³-hybridized carbons (Fsp3) is 0.571. The van der Waals surface area contributed by atoms with Gasteiger partial charge in [0.15, 0.2) is 5.78 Å². The van der Waals surface area contributed by atoms with Crippen LogP contribution in [0.2, 0.25) is 0 Å².